The van der Waals surface area contributed by atoms with Gasteiger partial charge in [-0.3, -0.25) is 18.2 Å². The predicted octanol–water partition coefficient (Wildman–Crippen LogP) is 1.41. The molecular formula is C28H30BN9O10P2S. The Hall–Kier alpha value is -3.30. The molecule has 3 aliphatic heterocycles. The van der Waals surface area contributed by atoms with E-state index in [1.165, 1.54) is 34.4 Å². The van der Waals surface area contributed by atoms with Crippen LogP contribution in [0.1, 0.15) is 23.7 Å². The quantitative estimate of drug-likeness (QED) is 0.147. The Bertz CT molecular complexity index is 2170. The molecule has 8 rings (SSSR count). The maximum Gasteiger partial charge on any atom is 0.325 e. The molecular weight excluding hydrogens is 727 g/mol. The summed E-state index contributed by atoms with van der Waals surface area (Å²) >= 11 is 5.35. The molecule has 2 radical (unpaired) electrons. The predicted molar refractivity (Wildman–Crippen MR) is 180 cm³/mol. The molecule has 5 aromatic rings. The number of nitrogens with one attached hydrogen (secondary N) is 1. The second kappa shape index (κ2) is 13.6. The number of aromatic nitrogens is 8. The van der Waals surface area contributed by atoms with E-state index >= 15 is 0 Å². The highest BCUT2D eigenvalue weighted by molar-refractivity contribution is 8.07. The summed E-state index contributed by atoms with van der Waals surface area (Å²) < 4.78 is 51.4. The van der Waals surface area contributed by atoms with E-state index in [1.807, 2.05) is 30.3 Å². The van der Waals surface area contributed by atoms with E-state index in [0.717, 1.165) is 5.56 Å². The third-order valence-corrected chi connectivity index (χ3v) is 11.3. The van der Waals surface area contributed by atoms with Crippen molar-refractivity contribution in [1.29, 1.82) is 0 Å². The molecule has 1 aromatic carbocycles. The fraction of sp³-hybridized carbons (Fsp3) is 0.429. The second-order valence-electron chi connectivity index (χ2n) is 12.0. The maximum atomic E-state index is 13.5. The van der Waals surface area contributed by atoms with E-state index < -0.39 is 76.5 Å². The van der Waals surface area contributed by atoms with Crippen LogP contribution in [0.25, 0.3) is 22.3 Å². The van der Waals surface area contributed by atoms with Gasteiger partial charge in [0.2, 0.25) is 7.57 Å². The van der Waals surface area contributed by atoms with Crippen LogP contribution in [0.2, 0.25) is 0 Å². The highest BCUT2D eigenvalue weighted by atomic mass is 32.5. The first kappa shape index (κ1) is 34.8. The number of aryl methyl sites for hydroxylation is 1. The van der Waals surface area contributed by atoms with Gasteiger partial charge in [0.05, 0.1) is 31.6 Å². The molecule has 0 saturated carbocycles. The van der Waals surface area contributed by atoms with Crippen molar-refractivity contribution in [3.8, 4) is 0 Å². The first-order chi connectivity index (χ1) is 24.5. The van der Waals surface area contributed by atoms with E-state index in [1.54, 1.807) is 6.92 Å². The van der Waals surface area contributed by atoms with Crippen LogP contribution < -0.4 is 5.32 Å². The van der Waals surface area contributed by atoms with Crippen LogP contribution in [0.3, 0.4) is 0 Å². The fourth-order valence-electron chi connectivity index (χ4n) is 6.24. The van der Waals surface area contributed by atoms with Gasteiger partial charge < -0.3 is 43.5 Å². The van der Waals surface area contributed by atoms with E-state index in [2.05, 4.69) is 35.2 Å². The first-order valence-electron chi connectivity index (χ1n) is 15.6. The summed E-state index contributed by atoms with van der Waals surface area (Å²) in [5.74, 6) is 0.443. The topological polar surface area (TPSA) is 232 Å². The number of hydrogen-bond acceptors (Lipinski definition) is 17. The lowest BCUT2D eigenvalue weighted by molar-refractivity contribution is -0.0595. The molecule has 0 aliphatic carbocycles. The van der Waals surface area contributed by atoms with E-state index in [-0.39, 0.29) is 0 Å². The molecule has 2 unspecified atom stereocenters. The monoisotopic (exact) mass is 757 g/mol. The van der Waals surface area contributed by atoms with Crippen molar-refractivity contribution in [2.45, 2.75) is 62.5 Å². The van der Waals surface area contributed by atoms with Crippen molar-refractivity contribution < 1.29 is 47.2 Å². The highest BCUT2D eigenvalue weighted by Gasteiger charge is 2.52. The molecule has 51 heavy (non-hydrogen) atoms. The van der Waals surface area contributed by atoms with Gasteiger partial charge >= 0.3 is 6.72 Å². The Morgan fingerprint density at radius 2 is 1.53 bits per heavy atom. The van der Waals surface area contributed by atoms with E-state index in [9.17, 15) is 19.7 Å². The van der Waals surface area contributed by atoms with Gasteiger partial charge in [-0.2, -0.15) is 0 Å². The number of ether oxygens (including phenoxy) is 2. The number of anilines is 1. The molecule has 4 N–H and O–H groups in total. The molecule has 23 heteroatoms. The van der Waals surface area contributed by atoms with Gasteiger partial charge in [0.15, 0.2) is 35.1 Å². The van der Waals surface area contributed by atoms with Crippen LogP contribution in [-0.2, 0) is 50.5 Å². The zero-order valence-electron chi connectivity index (χ0n) is 26.6. The van der Waals surface area contributed by atoms with Crippen LogP contribution in [0.15, 0.2) is 55.6 Å². The molecule has 0 amide bonds. The molecule has 3 fully saturated rings. The summed E-state index contributed by atoms with van der Waals surface area (Å²) in [5.41, 5.74) is 3.14. The number of benzene rings is 1. The van der Waals surface area contributed by atoms with Gasteiger partial charge in [-0.15, -0.1) is 0 Å². The summed E-state index contributed by atoms with van der Waals surface area (Å²) in [6.45, 7) is -3.03. The zero-order valence-corrected chi connectivity index (χ0v) is 29.2. The normalized spacial score (nSPS) is 34.5. The number of nitrogens with zero attached hydrogens (tertiary/aromatic N) is 8. The lowest BCUT2D eigenvalue weighted by Crippen LogP contribution is -2.36. The Kier molecular flexibility index (Phi) is 9.27. The summed E-state index contributed by atoms with van der Waals surface area (Å²) in [7, 11) is 1.53. The molecule has 2 bridgehead atoms. The standard InChI is InChI=1S/C28H30BN9O10P2S/c1-14-18-25(33-10-31-14)38(12-35-18)28-23-20(39)16(45-28)8-43-49(29,41)47-22-17(9-44-50(42,51)48-23)46-27(21(22)40)37-13-36-19-24(32-11-34-26(19)37)30-7-15-5-3-2-4-6-15/h2-6,10-13,16-17,20-23,27-28,39-40H,7-9H2,1H3,(H,42,51)(H,30,32,34)/t16-,17-,20-,21-,22-,23-,27-,28-,49?,50?/m1/s1. The number of rotatable bonds is 5. The minimum Gasteiger partial charge on any atom is -0.387 e. The zero-order chi connectivity index (χ0) is 35.5. The highest BCUT2D eigenvalue weighted by Crippen LogP contribution is 2.53. The minimum atomic E-state index is -4.48. The van der Waals surface area contributed by atoms with Gasteiger partial charge in [-0.1, -0.05) is 30.3 Å². The van der Waals surface area contributed by atoms with Crippen molar-refractivity contribution in [3.63, 3.8) is 0 Å². The van der Waals surface area contributed by atoms with E-state index in [4.69, 9.17) is 46.9 Å². The van der Waals surface area contributed by atoms with Gasteiger partial charge in [0.25, 0.3) is 7.47 Å². The number of hydrogen-bond donors (Lipinski definition) is 4. The van der Waals surface area contributed by atoms with Gasteiger partial charge in [0.1, 0.15) is 54.8 Å². The molecule has 10 atom stereocenters. The summed E-state index contributed by atoms with van der Waals surface area (Å²) in [5, 5.41) is 26.0. The summed E-state index contributed by atoms with van der Waals surface area (Å²) in [4.78, 5) is 37.1. The first-order valence-corrected chi connectivity index (χ1v) is 19.8. The van der Waals surface area contributed by atoms with Gasteiger partial charge in [-0.05, 0) is 24.3 Å². The number of aliphatic hydroxyl groups excluding tert-OH is 2. The van der Waals surface area contributed by atoms with Crippen LogP contribution in [-0.4, -0.2) is 112 Å². The van der Waals surface area contributed by atoms with Crippen LogP contribution in [0.5, 0.6) is 0 Å². The second-order valence-corrected chi connectivity index (χ2v) is 16.4. The molecule has 4 aromatic heterocycles. The maximum absolute atomic E-state index is 13.5. The van der Waals surface area contributed by atoms with Gasteiger partial charge in [-0.25, -0.2) is 29.9 Å². The Labute approximate surface area is 295 Å². The minimum absolute atomic E-state index is 0.309. The summed E-state index contributed by atoms with van der Waals surface area (Å²) in [6, 6.07) is 9.70. The average molecular weight is 757 g/mol. The van der Waals surface area contributed by atoms with Crippen molar-refractivity contribution in [2.24, 2.45) is 0 Å². The SMILES string of the molecule is [B]P1(=O)OC[C@H]2O[C@@H](n3cnc4c(C)ncnc43)[C@H](OP(O)(=S)OC[C@H]3O[C@@H](n4cnc5c(NCc6ccccc6)ncnc54)[C@H](O)[C@@H]3O1)[C@@H]2O. The molecule has 266 valence electrons. The molecule has 3 saturated heterocycles. The molecule has 7 heterocycles. The Morgan fingerprint density at radius 3 is 2.31 bits per heavy atom. The van der Waals surface area contributed by atoms with E-state index in [0.29, 0.717) is 40.4 Å². The largest absolute Gasteiger partial charge is 0.387 e. The Balaban J connectivity index is 1.06. The third kappa shape index (κ3) is 6.74. The number of imidazole rings is 2. The third-order valence-electron chi connectivity index (χ3n) is 8.72. The lowest BCUT2D eigenvalue weighted by Gasteiger charge is -2.28. The van der Waals surface area contributed by atoms with Gasteiger partial charge in [0, 0.05) is 6.54 Å². The van der Waals surface area contributed by atoms with Crippen LogP contribution in [0, 0.1) is 6.92 Å². The van der Waals surface area contributed by atoms with Crippen molar-refractivity contribution in [1.82, 2.24) is 39.0 Å². The molecule has 3 aliphatic rings. The van der Waals surface area contributed by atoms with Crippen molar-refractivity contribution in [2.75, 3.05) is 18.5 Å². The number of aliphatic hydroxyl groups is 2. The Morgan fingerprint density at radius 1 is 0.863 bits per heavy atom. The van der Waals surface area contributed by atoms with Crippen LogP contribution >= 0.6 is 14.2 Å². The molecule has 19 nitrogen and oxygen atoms in total. The fourth-order valence-corrected chi connectivity index (χ4v) is 8.67. The molecule has 0 spiro atoms. The number of fused-ring (bicyclic) bond motifs is 5. The van der Waals surface area contributed by atoms with Crippen molar-refractivity contribution >= 4 is 61.7 Å². The lowest BCUT2D eigenvalue weighted by atomic mass is 10.1. The smallest absolute Gasteiger partial charge is 0.325 e. The summed E-state index contributed by atoms with van der Waals surface area (Å²) in [6.07, 6.45) is -5.04. The van der Waals surface area contributed by atoms with Crippen molar-refractivity contribution in [3.05, 3.63) is 66.9 Å². The van der Waals surface area contributed by atoms with Crippen LogP contribution in [0.4, 0.5) is 5.82 Å². The average Bonchev–Trinajstić information content (AvgIpc) is 3.87.